The van der Waals surface area contributed by atoms with Crippen LogP contribution in [0.25, 0.3) is 0 Å². The molecule has 1 amide bonds. The van der Waals surface area contributed by atoms with Crippen molar-refractivity contribution in [2.75, 3.05) is 10.6 Å². The number of carbonyl (C=O) groups is 2. The maximum Gasteiger partial charge on any atom is 0.227 e. The van der Waals surface area contributed by atoms with Gasteiger partial charge in [0.15, 0.2) is 5.78 Å². The maximum absolute atomic E-state index is 12.5. The molecule has 0 spiro atoms. The van der Waals surface area contributed by atoms with Gasteiger partial charge in [-0.05, 0) is 44.7 Å². The summed E-state index contributed by atoms with van der Waals surface area (Å²) in [6, 6.07) is 5.56. The number of Topliss-reactive ketones (excluding diaryl/α,β-unsaturated/α-hetero) is 1. The van der Waals surface area contributed by atoms with Gasteiger partial charge in [-0.3, -0.25) is 9.59 Å². The fraction of sp³-hybridized carbons (Fsp3) is 0.500. The minimum absolute atomic E-state index is 0.0574. The van der Waals surface area contributed by atoms with E-state index in [2.05, 4.69) is 10.6 Å². The standard InChI is InChI=1S/C20H25ClN2O2/c1-13-15(9-6-12-18(13)24)22-16-10-5-11-17(19(16)21)23-20(25)14-7-3-2-4-8-14/h5,10-11,14,22H,2-4,6-9,12H2,1H3,(H,23,25). The minimum Gasteiger partial charge on any atom is -0.357 e. The highest BCUT2D eigenvalue weighted by Crippen LogP contribution is 2.34. The number of carbonyl (C=O) groups excluding carboxylic acids is 2. The molecule has 134 valence electrons. The lowest BCUT2D eigenvalue weighted by Crippen LogP contribution is -2.25. The van der Waals surface area contributed by atoms with E-state index in [1.54, 1.807) is 0 Å². The summed E-state index contributed by atoms with van der Waals surface area (Å²) in [5.41, 5.74) is 3.06. The predicted molar refractivity (Wildman–Crippen MR) is 102 cm³/mol. The van der Waals surface area contributed by atoms with Gasteiger partial charge in [0.25, 0.3) is 0 Å². The van der Waals surface area contributed by atoms with Crippen molar-refractivity contribution in [3.63, 3.8) is 0 Å². The zero-order chi connectivity index (χ0) is 17.8. The fourth-order valence-electron chi connectivity index (χ4n) is 3.61. The van der Waals surface area contributed by atoms with Gasteiger partial charge in [-0.1, -0.05) is 36.9 Å². The first-order valence-corrected chi connectivity index (χ1v) is 9.53. The first kappa shape index (κ1) is 18.0. The lowest BCUT2D eigenvalue weighted by molar-refractivity contribution is -0.120. The van der Waals surface area contributed by atoms with Gasteiger partial charge in [0.1, 0.15) is 0 Å². The van der Waals surface area contributed by atoms with Crippen molar-refractivity contribution >= 4 is 34.7 Å². The van der Waals surface area contributed by atoms with Crippen LogP contribution in [0.3, 0.4) is 0 Å². The van der Waals surface area contributed by atoms with Crippen LogP contribution in [0.15, 0.2) is 29.5 Å². The molecular weight excluding hydrogens is 336 g/mol. The predicted octanol–water partition coefficient (Wildman–Crippen LogP) is 5.30. The fourth-order valence-corrected chi connectivity index (χ4v) is 3.83. The molecule has 25 heavy (non-hydrogen) atoms. The minimum atomic E-state index is 0.0574. The molecule has 2 aliphatic rings. The largest absolute Gasteiger partial charge is 0.357 e. The van der Waals surface area contributed by atoms with Gasteiger partial charge in [0, 0.05) is 23.6 Å². The molecule has 0 atom stereocenters. The number of hydrogen-bond acceptors (Lipinski definition) is 3. The van der Waals surface area contributed by atoms with Crippen LogP contribution in [-0.2, 0) is 9.59 Å². The summed E-state index contributed by atoms with van der Waals surface area (Å²) < 4.78 is 0. The molecule has 0 unspecified atom stereocenters. The number of nitrogens with one attached hydrogen (secondary N) is 2. The van der Waals surface area contributed by atoms with Crippen LogP contribution in [-0.4, -0.2) is 11.7 Å². The van der Waals surface area contributed by atoms with Crippen molar-refractivity contribution in [2.45, 2.75) is 58.3 Å². The number of allylic oxidation sites excluding steroid dienone is 2. The molecule has 2 N–H and O–H groups in total. The van der Waals surface area contributed by atoms with Gasteiger partial charge in [-0.2, -0.15) is 0 Å². The molecule has 1 fully saturated rings. The zero-order valence-electron chi connectivity index (χ0n) is 14.7. The zero-order valence-corrected chi connectivity index (χ0v) is 15.4. The molecule has 5 heteroatoms. The number of benzene rings is 1. The van der Waals surface area contributed by atoms with Crippen LogP contribution < -0.4 is 10.6 Å². The Morgan fingerprint density at radius 3 is 2.56 bits per heavy atom. The summed E-state index contributed by atoms with van der Waals surface area (Å²) in [5, 5.41) is 6.77. The molecular formula is C20H25ClN2O2. The summed E-state index contributed by atoms with van der Waals surface area (Å²) in [5.74, 6) is 0.330. The van der Waals surface area contributed by atoms with Crippen LogP contribution in [0, 0.1) is 5.92 Å². The van der Waals surface area contributed by atoms with Crippen molar-refractivity contribution < 1.29 is 9.59 Å². The van der Waals surface area contributed by atoms with Crippen molar-refractivity contribution in [3.8, 4) is 0 Å². The van der Waals surface area contributed by atoms with Crippen LogP contribution in [0.5, 0.6) is 0 Å². The number of rotatable bonds is 4. The quantitative estimate of drug-likeness (QED) is 0.766. The lowest BCUT2D eigenvalue weighted by Gasteiger charge is -2.22. The molecule has 0 heterocycles. The molecule has 1 aromatic carbocycles. The second-order valence-electron chi connectivity index (χ2n) is 7.00. The molecule has 1 aromatic rings. The van der Waals surface area contributed by atoms with E-state index in [9.17, 15) is 9.59 Å². The molecule has 0 aromatic heterocycles. The lowest BCUT2D eigenvalue weighted by atomic mass is 9.88. The molecule has 0 radical (unpaired) electrons. The third kappa shape index (κ3) is 4.24. The van der Waals surface area contributed by atoms with E-state index in [0.29, 0.717) is 17.1 Å². The third-order valence-electron chi connectivity index (χ3n) is 5.22. The van der Waals surface area contributed by atoms with E-state index in [4.69, 9.17) is 11.6 Å². The highest BCUT2D eigenvalue weighted by atomic mass is 35.5. The van der Waals surface area contributed by atoms with Gasteiger partial charge in [-0.15, -0.1) is 0 Å². The summed E-state index contributed by atoms with van der Waals surface area (Å²) in [6.07, 6.45) is 7.68. The van der Waals surface area contributed by atoms with E-state index in [1.807, 2.05) is 25.1 Å². The Bertz CT molecular complexity index is 706. The van der Waals surface area contributed by atoms with E-state index >= 15 is 0 Å². The number of ketones is 1. The van der Waals surface area contributed by atoms with E-state index in [1.165, 1.54) is 6.42 Å². The number of anilines is 2. The van der Waals surface area contributed by atoms with Gasteiger partial charge in [0.2, 0.25) is 5.91 Å². The molecule has 0 aliphatic heterocycles. The molecule has 3 rings (SSSR count). The normalized spacial score (nSPS) is 19.0. The number of halogens is 1. The van der Waals surface area contributed by atoms with Crippen LogP contribution in [0.4, 0.5) is 11.4 Å². The van der Waals surface area contributed by atoms with E-state index in [-0.39, 0.29) is 17.6 Å². The SMILES string of the molecule is CC1=C(Nc2cccc(NC(=O)C3CCCCC3)c2Cl)CCCC1=O. The Kier molecular flexibility index (Phi) is 5.79. The molecule has 0 saturated heterocycles. The second-order valence-corrected chi connectivity index (χ2v) is 7.37. The highest BCUT2D eigenvalue weighted by Gasteiger charge is 2.22. The average molecular weight is 361 g/mol. The monoisotopic (exact) mass is 360 g/mol. The van der Waals surface area contributed by atoms with Crippen molar-refractivity contribution in [3.05, 3.63) is 34.5 Å². The van der Waals surface area contributed by atoms with Gasteiger partial charge in [0.05, 0.1) is 16.4 Å². The van der Waals surface area contributed by atoms with Crippen LogP contribution >= 0.6 is 11.6 Å². The van der Waals surface area contributed by atoms with Crippen LogP contribution in [0.2, 0.25) is 5.02 Å². The molecule has 2 aliphatic carbocycles. The maximum atomic E-state index is 12.5. The van der Waals surface area contributed by atoms with Gasteiger partial charge in [-0.25, -0.2) is 0 Å². The molecule has 1 saturated carbocycles. The van der Waals surface area contributed by atoms with Crippen LogP contribution in [0.1, 0.15) is 58.3 Å². The topological polar surface area (TPSA) is 58.2 Å². The average Bonchev–Trinajstić information content (AvgIpc) is 2.63. The molecule has 0 bridgehead atoms. The number of hydrogen-bond donors (Lipinski definition) is 2. The third-order valence-corrected chi connectivity index (χ3v) is 5.63. The van der Waals surface area contributed by atoms with Gasteiger partial charge >= 0.3 is 0 Å². The van der Waals surface area contributed by atoms with Crippen molar-refractivity contribution in [1.82, 2.24) is 0 Å². The number of amides is 1. The summed E-state index contributed by atoms with van der Waals surface area (Å²) in [7, 11) is 0. The van der Waals surface area contributed by atoms with Crippen molar-refractivity contribution in [2.24, 2.45) is 5.92 Å². The second kappa shape index (κ2) is 8.05. The Labute approximate surface area is 154 Å². The first-order chi connectivity index (χ1) is 12.1. The Morgan fingerprint density at radius 2 is 1.80 bits per heavy atom. The van der Waals surface area contributed by atoms with E-state index in [0.717, 1.165) is 55.5 Å². The van der Waals surface area contributed by atoms with Gasteiger partial charge < -0.3 is 10.6 Å². The molecule has 4 nitrogen and oxygen atoms in total. The Morgan fingerprint density at radius 1 is 1.08 bits per heavy atom. The Balaban J connectivity index is 1.74. The summed E-state index contributed by atoms with van der Waals surface area (Å²) >= 11 is 6.51. The van der Waals surface area contributed by atoms with E-state index < -0.39 is 0 Å². The summed E-state index contributed by atoms with van der Waals surface area (Å²) in [6.45, 7) is 1.85. The smallest absolute Gasteiger partial charge is 0.227 e. The Hall–Kier alpha value is -1.81. The first-order valence-electron chi connectivity index (χ1n) is 9.15. The van der Waals surface area contributed by atoms with Crippen molar-refractivity contribution in [1.29, 1.82) is 0 Å². The highest BCUT2D eigenvalue weighted by molar-refractivity contribution is 6.36. The summed E-state index contributed by atoms with van der Waals surface area (Å²) in [4.78, 5) is 24.4.